The van der Waals surface area contributed by atoms with Gasteiger partial charge in [0.15, 0.2) is 0 Å². The second-order valence-corrected chi connectivity index (χ2v) is 11.7. The number of carbonyl (C=O) groups excluding carboxylic acids is 2. The van der Waals surface area contributed by atoms with Crippen molar-refractivity contribution in [1.29, 1.82) is 0 Å². The van der Waals surface area contributed by atoms with Gasteiger partial charge in [-0.15, -0.1) is 0 Å². The van der Waals surface area contributed by atoms with Crippen LogP contribution in [0.5, 0.6) is 5.75 Å². The van der Waals surface area contributed by atoms with Crippen molar-refractivity contribution in [3.63, 3.8) is 0 Å². The first kappa shape index (κ1) is 29.7. The summed E-state index contributed by atoms with van der Waals surface area (Å²) in [7, 11) is -2.44. The highest BCUT2D eigenvalue weighted by Gasteiger charge is 2.33. The predicted octanol–water partition coefficient (Wildman–Crippen LogP) is 3.93. The Bertz CT molecular complexity index is 1380. The molecule has 0 aliphatic heterocycles. The summed E-state index contributed by atoms with van der Waals surface area (Å²) < 4.78 is 32.3. The molecule has 0 fully saturated rings. The van der Waals surface area contributed by atoms with Gasteiger partial charge in [0.05, 0.1) is 19.1 Å². The molecule has 3 rings (SSSR count). The van der Waals surface area contributed by atoms with Gasteiger partial charge in [-0.05, 0) is 44.0 Å². The number of nitrogens with zero attached hydrogens (tertiary/aromatic N) is 2. The standard InChI is InChI=1S/C30H37N3O5S/c1-22(2)31-30(35)27(19-24-13-7-6-8-14-24)32(20-25-15-11-12-23(3)18-25)29(34)21-33(39(5,36)37)26-16-9-10-17-28(26)38-4/h6-18,22,27H,19-21H2,1-5H3,(H,31,35). The maximum absolute atomic E-state index is 14.1. The van der Waals surface area contributed by atoms with E-state index in [0.29, 0.717) is 5.75 Å². The second-order valence-electron chi connectivity index (χ2n) is 9.82. The lowest BCUT2D eigenvalue weighted by Gasteiger charge is -2.34. The van der Waals surface area contributed by atoms with Crippen molar-refractivity contribution >= 4 is 27.5 Å². The van der Waals surface area contributed by atoms with Gasteiger partial charge in [0.1, 0.15) is 18.3 Å². The Hall–Kier alpha value is -3.85. The Labute approximate surface area is 231 Å². The van der Waals surface area contributed by atoms with Gasteiger partial charge in [0.25, 0.3) is 0 Å². The Kier molecular flexibility index (Phi) is 10.1. The van der Waals surface area contributed by atoms with E-state index in [-0.39, 0.29) is 30.6 Å². The lowest BCUT2D eigenvalue weighted by atomic mass is 10.0. The summed E-state index contributed by atoms with van der Waals surface area (Å²) in [4.78, 5) is 29.1. The van der Waals surface area contributed by atoms with Crippen LogP contribution in [0, 0.1) is 6.92 Å². The molecule has 2 amide bonds. The number of carbonyl (C=O) groups is 2. The van der Waals surface area contributed by atoms with Crippen LogP contribution in [0.15, 0.2) is 78.9 Å². The van der Waals surface area contributed by atoms with E-state index in [0.717, 1.165) is 27.3 Å². The molecule has 9 heteroatoms. The largest absolute Gasteiger partial charge is 0.495 e. The van der Waals surface area contributed by atoms with Crippen molar-refractivity contribution in [3.05, 3.63) is 95.6 Å². The molecule has 0 aliphatic rings. The summed E-state index contributed by atoms with van der Waals surface area (Å²) in [5, 5.41) is 2.94. The average Bonchev–Trinajstić information content (AvgIpc) is 2.88. The van der Waals surface area contributed by atoms with Crippen LogP contribution in [0.1, 0.15) is 30.5 Å². The molecular weight excluding hydrogens is 514 g/mol. The molecule has 0 bridgehead atoms. The summed E-state index contributed by atoms with van der Waals surface area (Å²) >= 11 is 0. The van der Waals surface area contributed by atoms with Crippen molar-refractivity contribution in [1.82, 2.24) is 10.2 Å². The Balaban J connectivity index is 2.08. The topological polar surface area (TPSA) is 96.0 Å². The Morgan fingerprint density at radius 3 is 2.18 bits per heavy atom. The van der Waals surface area contributed by atoms with Crippen LogP contribution in [0.3, 0.4) is 0 Å². The average molecular weight is 552 g/mol. The number of hydrogen-bond acceptors (Lipinski definition) is 5. The molecule has 0 aliphatic carbocycles. The monoisotopic (exact) mass is 551 g/mol. The van der Waals surface area contributed by atoms with E-state index in [4.69, 9.17) is 4.74 Å². The number of nitrogens with one attached hydrogen (secondary N) is 1. The SMILES string of the molecule is COc1ccccc1N(CC(=O)N(Cc1cccc(C)c1)C(Cc1ccccc1)C(=O)NC(C)C)S(C)(=O)=O. The highest BCUT2D eigenvalue weighted by molar-refractivity contribution is 7.92. The molecule has 39 heavy (non-hydrogen) atoms. The fraction of sp³-hybridized carbons (Fsp3) is 0.333. The summed E-state index contributed by atoms with van der Waals surface area (Å²) in [6, 6.07) is 22.8. The number of aryl methyl sites for hydroxylation is 1. The van der Waals surface area contributed by atoms with Crippen LogP contribution >= 0.6 is 0 Å². The first-order valence-corrected chi connectivity index (χ1v) is 14.6. The summed E-state index contributed by atoms with van der Waals surface area (Å²) in [5.41, 5.74) is 2.98. The van der Waals surface area contributed by atoms with Crippen LogP contribution < -0.4 is 14.4 Å². The third-order valence-electron chi connectivity index (χ3n) is 6.17. The van der Waals surface area contributed by atoms with Crippen molar-refractivity contribution in [2.24, 2.45) is 0 Å². The smallest absolute Gasteiger partial charge is 0.244 e. The van der Waals surface area contributed by atoms with Gasteiger partial charge in [-0.1, -0.05) is 72.3 Å². The van der Waals surface area contributed by atoms with Gasteiger partial charge in [-0.3, -0.25) is 13.9 Å². The highest BCUT2D eigenvalue weighted by Crippen LogP contribution is 2.30. The number of para-hydroxylation sites is 2. The molecule has 0 aromatic heterocycles. The first-order chi connectivity index (χ1) is 18.5. The van der Waals surface area contributed by atoms with Crippen LogP contribution in [0.25, 0.3) is 0 Å². The highest BCUT2D eigenvalue weighted by atomic mass is 32.2. The fourth-order valence-corrected chi connectivity index (χ4v) is 5.23. The summed E-state index contributed by atoms with van der Waals surface area (Å²) in [6.07, 6.45) is 1.31. The second kappa shape index (κ2) is 13.3. The predicted molar refractivity (Wildman–Crippen MR) is 154 cm³/mol. The van der Waals surface area contributed by atoms with E-state index >= 15 is 0 Å². The molecule has 1 atom stereocenters. The van der Waals surface area contributed by atoms with Crippen molar-refractivity contribution < 1.29 is 22.7 Å². The van der Waals surface area contributed by atoms with Crippen LogP contribution in [-0.2, 0) is 32.6 Å². The van der Waals surface area contributed by atoms with Crippen molar-refractivity contribution in [3.8, 4) is 5.75 Å². The van der Waals surface area contributed by atoms with E-state index < -0.39 is 28.5 Å². The van der Waals surface area contributed by atoms with Gasteiger partial charge in [0, 0.05) is 19.0 Å². The molecule has 0 spiro atoms. The lowest BCUT2D eigenvalue weighted by Crippen LogP contribution is -2.54. The van der Waals surface area contributed by atoms with E-state index in [1.807, 2.05) is 75.4 Å². The minimum atomic E-state index is -3.88. The number of sulfonamides is 1. The minimum absolute atomic E-state index is 0.132. The molecule has 0 radical (unpaired) electrons. The molecule has 0 saturated heterocycles. The zero-order valence-electron chi connectivity index (χ0n) is 23.1. The maximum Gasteiger partial charge on any atom is 0.244 e. The van der Waals surface area contributed by atoms with Crippen LogP contribution in [0.2, 0.25) is 0 Å². The molecule has 1 N–H and O–H groups in total. The maximum atomic E-state index is 14.1. The first-order valence-electron chi connectivity index (χ1n) is 12.8. The van der Waals surface area contributed by atoms with E-state index in [1.54, 1.807) is 24.3 Å². The quantitative estimate of drug-likeness (QED) is 0.368. The molecule has 0 saturated carbocycles. The van der Waals surface area contributed by atoms with Crippen LogP contribution in [-0.4, -0.2) is 57.1 Å². The van der Waals surface area contributed by atoms with Crippen molar-refractivity contribution in [2.75, 3.05) is 24.2 Å². The molecular formula is C30H37N3O5S. The number of anilines is 1. The fourth-order valence-electron chi connectivity index (χ4n) is 4.37. The number of hydrogen-bond donors (Lipinski definition) is 1. The minimum Gasteiger partial charge on any atom is -0.495 e. The zero-order chi connectivity index (χ0) is 28.6. The van der Waals surface area contributed by atoms with Crippen molar-refractivity contribution in [2.45, 2.75) is 45.8 Å². The molecule has 3 aromatic rings. The summed E-state index contributed by atoms with van der Waals surface area (Å²) in [6.45, 7) is 5.31. The van der Waals surface area contributed by atoms with Gasteiger partial charge < -0.3 is 15.0 Å². The van der Waals surface area contributed by atoms with E-state index in [2.05, 4.69) is 5.32 Å². The normalized spacial score (nSPS) is 12.1. The number of amides is 2. The zero-order valence-corrected chi connectivity index (χ0v) is 23.9. The molecule has 8 nitrogen and oxygen atoms in total. The van der Waals surface area contributed by atoms with Gasteiger partial charge in [0.2, 0.25) is 21.8 Å². The number of benzene rings is 3. The van der Waals surface area contributed by atoms with Gasteiger partial charge in [-0.25, -0.2) is 8.42 Å². The number of rotatable bonds is 12. The Morgan fingerprint density at radius 2 is 1.56 bits per heavy atom. The van der Waals surface area contributed by atoms with E-state index in [9.17, 15) is 18.0 Å². The molecule has 1 unspecified atom stereocenters. The van der Waals surface area contributed by atoms with Crippen LogP contribution in [0.4, 0.5) is 5.69 Å². The third kappa shape index (κ3) is 8.32. The number of methoxy groups -OCH3 is 1. The summed E-state index contributed by atoms with van der Waals surface area (Å²) in [5.74, 6) is -0.495. The third-order valence-corrected chi connectivity index (χ3v) is 7.30. The lowest BCUT2D eigenvalue weighted by molar-refractivity contribution is -0.140. The van der Waals surface area contributed by atoms with Gasteiger partial charge >= 0.3 is 0 Å². The molecule has 208 valence electrons. The van der Waals surface area contributed by atoms with Gasteiger partial charge in [-0.2, -0.15) is 0 Å². The number of ether oxygens (including phenoxy) is 1. The molecule has 0 heterocycles. The Morgan fingerprint density at radius 1 is 0.923 bits per heavy atom. The van der Waals surface area contributed by atoms with E-state index in [1.165, 1.54) is 12.0 Å². The molecule has 3 aromatic carbocycles.